The van der Waals surface area contributed by atoms with E-state index in [-0.39, 0.29) is 12.0 Å². The molecule has 0 saturated heterocycles. The highest BCUT2D eigenvalue weighted by Gasteiger charge is 2.12. The molecule has 0 aliphatic carbocycles. The van der Waals surface area contributed by atoms with E-state index in [0.29, 0.717) is 6.42 Å². The van der Waals surface area contributed by atoms with E-state index in [9.17, 15) is 13.9 Å². The van der Waals surface area contributed by atoms with Crippen molar-refractivity contribution >= 4 is 0 Å². The molecule has 0 fully saturated rings. The van der Waals surface area contributed by atoms with Gasteiger partial charge < -0.3 is 5.11 Å². The third-order valence-electron chi connectivity index (χ3n) is 1.88. The quantitative estimate of drug-likeness (QED) is 0.736. The van der Waals surface area contributed by atoms with Crippen LogP contribution in [0.5, 0.6) is 0 Å². The summed E-state index contributed by atoms with van der Waals surface area (Å²) in [5, 5.41) is 9.45. The highest BCUT2D eigenvalue weighted by Crippen LogP contribution is 2.21. The van der Waals surface area contributed by atoms with Gasteiger partial charge >= 0.3 is 0 Å². The molecule has 0 spiro atoms. The van der Waals surface area contributed by atoms with E-state index in [1.807, 2.05) is 0 Å². The van der Waals surface area contributed by atoms with Gasteiger partial charge in [0.05, 0.1) is 6.10 Å². The zero-order valence-corrected chi connectivity index (χ0v) is 7.50. The van der Waals surface area contributed by atoms with Gasteiger partial charge in [-0.25, -0.2) is 8.78 Å². The van der Waals surface area contributed by atoms with Crippen LogP contribution >= 0.6 is 0 Å². The van der Waals surface area contributed by atoms with Gasteiger partial charge in [0.1, 0.15) is 11.6 Å². The maximum atomic E-state index is 13.1. The largest absolute Gasteiger partial charge is 0.388 e. The summed E-state index contributed by atoms with van der Waals surface area (Å²) in [7, 11) is 0. The molecular weight excluding hydrogens is 186 g/mol. The second kappa shape index (κ2) is 4.73. The first-order valence-corrected chi connectivity index (χ1v) is 4.21. The van der Waals surface area contributed by atoms with Gasteiger partial charge in [0, 0.05) is 12.0 Å². The number of hydrogen-bond acceptors (Lipinski definition) is 1. The molecule has 0 aliphatic heterocycles. The van der Waals surface area contributed by atoms with Crippen molar-refractivity contribution in [2.45, 2.75) is 18.9 Å². The van der Waals surface area contributed by atoms with E-state index in [0.717, 1.165) is 18.2 Å². The molecule has 0 heterocycles. The smallest absolute Gasteiger partial charge is 0.129 e. The number of benzene rings is 1. The molecule has 0 aliphatic rings. The van der Waals surface area contributed by atoms with Crippen LogP contribution in [0.3, 0.4) is 0 Å². The molecule has 3 heteroatoms. The topological polar surface area (TPSA) is 20.2 Å². The summed E-state index contributed by atoms with van der Waals surface area (Å²) in [5.41, 5.74) is -0.0414. The molecule has 0 aromatic heterocycles. The fraction of sp³-hybridized carbons (Fsp3) is 0.273. The maximum Gasteiger partial charge on any atom is 0.129 e. The Morgan fingerprint density at radius 3 is 2.79 bits per heavy atom. The van der Waals surface area contributed by atoms with Crippen LogP contribution in [0.15, 0.2) is 18.2 Å². The molecule has 0 amide bonds. The Morgan fingerprint density at radius 2 is 2.14 bits per heavy atom. The Morgan fingerprint density at radius 1 is 1.43 bits per heavy atom. The molecule has 1 aromatic rings. The summed E-state index contributed by atoms with van der Waals surface area (Å²) < 4.78 is 25.8. The monoisotopic (exact) mass is 196 g/mol. The van der Waals surface area contributed by atoms with Crippen LogP contribution in [0.2, 0.25) is 0 Å². The van der Waals surface area contributed by atoms with E-state index >= 15 is 0 Å². The second-order valence-electron chi connectivity index (χ2n) is 2.92. The van der Waals surface area contributed by atoms with Crippen LogP contribution in [0, 0.1) is 24.0 Å². The molecule has 14 heavy (non-hydrogen) atoms. The fourth-order valence-electron chi connectivity index (χ4n) is 1.15. The Labute approximate surface area is 81.4 Å². The summed E-state index contributed by atoms with van der Waals surface area (Å²) >= 11 is 0. The predicted molar refractivity (Wildman–Crippen MR) is 49.4 cm³/mol. The lowest BCUT2D eigenvalue weighted by Gasteiger charge is -2.09. The lowest BCUT2D eigenvalue weighted by molar-refractivity contribution is 0.164. The van der Waals surface area contributed by atoms with E-state index in [1.54, 1.807) is 0 Å². The zero-order valence-electron chi connectivity index (χ0n) is 7.50. The number of hydrogen-bond donors (Lipinski definition) is 1. The molecule has 74 valence electrons. The van der Waals surface area contributed by atoms with Crippen molar-refractivity contribution in [3.05, 3.63) is 35.4 Å². The molecule has 1 atom stereocenters. The summed E-state index contributed by atoms with van der Waals surface area (Å²) in [6.07, 6.45) is 4.52. The van der Waals surface area contributed by atoms with Gasteiger partial charge in [0.2, 0.25) is 0 Å². The Hall–Kier alpha value is -1.40. The molecule has 1 unspecified atom stereocenters. The van der Waals surface area contributed by atoms with Crippen molar-refractivity contribution < 1.29 is 13.9 Å². The predicted octanol–water partition coefficient (Wildman–Crippen LogP) is 2.41. The molecule has 0 radical (unpaired) electrons. The van der Waals surface area contributed by atoms with Gasteiger partial charge in [0.25, 0.3) is 0 Å². The first-order valence-electron chi connectivity index (χ1n) is 4.21. The zero-order chi connectivity index (χ0) is 10.6. The highest BCUT2D eigenvalue weighted by molar-refractivity contribution is 5.21. The van der Waals surface area contributed by atoms with Crippen LogP contribution in [0.4, 0.5) is 8.78 Å². The maximum absolute atomic E-state index is 13.1. The Kier molecular flexibility index (Phi) is 3.61. The van der Waals surface area contributed by atoms with E-state index in [4.69, 9.17) is 6.42 Å². The summed E-state index contributed by atoms with van der Waals surface area (Å²) in [6, 6.07) is 2.98. The number of terminal acetylenes is 1. The lowest BCUT2D eigenvalue weighted by atomic mass is 10.0. The SMILES string of the molecule is C#CCCC(O)c1cc(F)ccc1F. The Balaban J connectivity index is 2.83. The van der Waals surface area contributed by atoms with Crippen LogP contribution in [0.25, 0.3) is 0 Å². The van der Waals surface area contributed by atoms with Gasteiger partial charge in [0.15, 0.2) is 0 Å². The van der Waals surface area contributed by atoms with Gasteiger partial charge in [-0.1, -0.05) is 0 Å². The minimum Gasteiger partial charge on any atom is -0.388 e. The summed E-state index contributed by atoms with van der Waals surface area (Å²) in [5.74, 6) is 1.14. The summed E-state index contributed by atoms with van der Waals surface area (Å²) in [6.45, 7) is 0. The van der Waals surface area contributed by atoms with E-state index < -0.39 is 17.7 Å². The molecule has 0 saturated carbocycles. The number of aliphatic hydroxyl groups is 1. The van der Waals surface area contributed by atoms with Crippen LogP contribution in [-0.4, -0.2) is 5.11 Å². The third-order valence-corrected chi connectivity index (χ3v) is 1.88. The van der Waals surface area contributed by atoms with Gasteiger partial charge in [-0.15, -0.1) is 12.3 Å². The highest BCUT2D eigenvalue weighted by atomic mass is 19.1. The molecule has 1 N–H and O–H groups in total. The van der Waals surface area contributed by atoms with Gasteiger partial charge in [-0.2, -0.15) is 0 Å². The van der Waals surface area contributed by atoms with Gasteiger partial charge in [-0.05, 0) is 24.6 Å². The average molecular weight is 196 g/mol. The van der Waals surface area contributed by atoms with Crippen molar-refractivity contribution in [2.75, 3.05) is 0 Å². The molecular formula is C11H10F2O. The van der Waals surface area contributed by atoms with E-state index in [1.165, 1.54) is 0 Å². The van der Waals surface area contributed by atoms with Crippen LogP contribution < -0.4 is 0 Å². The van der Waals surface area contributed by atoms with Gasteiger partial charge in [-0.3, -0.25) is 0 Å². The normalized spacial score (nSPS) is 12.1. The molecule has 1 nitrogen and oxygen atoms in total. The van der Waals surface area contributed by atoms with Crippen molar-refractivity contribution in [2.24, 2.45) is 0 Å². The van der Waals surface area contributed by atoms with Crippen molar-refractivity contribution in [3.8, 4) is 12.3 Å². The minimum absolute atomic E-state index is 0.0414. The van der Waals surface area contributed by atoms with E-state index in [2.05, 4.69) is 5.92 Å². The van der Waals surface area contributed by atoms with Crippen molar-refractivity contribution in [3.63, 3.8) is 0 Å². The summed E-state index contributed by atoms with van der Waals surface area (Å²) in [4.78, 5) is 0. The first kappa shape index (κ1) is 10.7. The second-order valence-corrected chi connectivity index (χ2v) is 2.92. The number of aliphatic hydroxyl groups excluding tert-OH is 1. The lowest BCUT2D eigenvalue weighted by Crippen LogP contribution is -2.01. The molecule has 0 bridgehead atoms. The fourth-order valence-corrected chi connectivity index (χ4v) is 1.15. The number of rotatable bonds is 3. The van der Waals surface area contributed by atoms with Crippen LogP contribution in [0.1, 0.15) is 24.5 Å². The molecule has 1 rings (SSSR count). The average Bonchev–Trinajstić information content (AvgIpc) is 2.18. The van der Waals surface area contributed by atoms with Crippen molar-refractivity contribution in [1.29, 1.82) is 0 Å². The molecule has 1 aromatic carbocycles. The minimum atomic E-state index is -1.04. The Bertz CT molecular complexity index is 355. The van der Waals surface area contributed by atoms with Crippen LogP contribution in [-0.2, 0) is 0 Å². The van der Waals surface area contributed by atoms with Crippen molar-refractivity contribution in [1.82, 2.24) is 0 Å². The standard InChI is InChI=1S/C11H10F2O/c1-2-3-4-11(14)9-7-8(12)5-6-10(9)13/h1,5-7,11,14H,3-4H2. The number of halogens is 2. The third kappa shape index (κ3) is 2.54. The first-order chi connectivity index (χ1) is 6.65.